The van der Waals surface area contributed by atoms with Crippen molar-refractivity contribution in [3.05, 3.63) is 11.9 Å². The Morgan fingerprint density at radius 1 is 1.55 bits per heavy atom. The van der Waals surface area contributed by atoms with E-state index in [1.807, 2.05) is 0 Å². The highest BCUT2D eigenvalue weighted by molar-refractivity contribution is 7.87. The first kappa shape index (κ1) is 7.95. The molecule has 0 saturated heterocycles. The maximum absolute atomic E-state index is 11.2. The third-order valence-corrected chi connectivity index (χ3v) is 3.22. The van der Waals surface area contributed by atoms with Gasteiger partial charge in [-0.15, -0.1) is 6.42 Å². The molecule has 1 heterocycles. The van der Waals surface area contributed by atoms with Crippen molar-refractivity contribution in [3.63, 3.8) is 0 Å². The Kier molecular flexibility index (Phi) is 1.57. The average Bonchev–Trinajstić information content (AvgIpc) is 2.14. The van der Waals surface area contributed by atoms with Crippen LogP contribution in [0.2, 0.25) is 0 Å². The highest BCUT2D eigenvalue weighted by Gasteiger charge is 2.29. The second kappa shape index (κ2) is 2.17. The maximum Gasteiger partial charge on any atom is 0.326 e. The van der Waals surface area contributed by atoms with Gasteiger partial charge in [-0.1, -0.05) is 0 Å². The summed E-state index contributed by atoms with van der Waals surface area (Å²) in [5, 5.41) is 0. The topological polar surface area (TPSA) is 40.6 Å². The predicted octanol–water partition coefficient (Wildman–Crippen LogP) is -0.417. The third kappa shape index (κ3) is 0.955. The fourth-order valence-electron chi connectivity index (χ4n) is 0.766. The summed E-state index contributed by atoms with van der Waals surface area (Å²) < 4.78 is 24.5. The van der Waals surface area contributed by atoms with Crippen molar-refractivity contribution in [2.24, 2.45) is 0 Å². The molecule has 0 aromatic heterocycles. The summed E-state index contributed by atoms with van der Waals surface area (Å²) in [4.78, 5) is 0. The van der Waals surface area contributed by atoms with Crippen molar-refractivity contribution < 1.29 is 8.42 Å². The molecule has 1 aliphatic heterocycles. The SMILES string of the molecule is C#CC1=CN(C)S(=O)(=O)N1C. The van der Waals surface area contributed by atoms with Crippen molar-refractivity contribution >= 4 is 10.2 Å². The molecule has 4 nitrogen and oxygen atoms in total. The smallest absolute Gasteiger partial charge is 0.261 e. The van der Waals surface area contributed by atoms with Gasteiger partial charge in [0, 0.05) is 20.3 Å². The van der Waals surface area contributed by atoms with Crippen molar-refractivity contribution in [2.45, 2.75) is 0 Å². The van der Waals surface area contributed by atoms with Gasteiger partial charge in [0.15, 0.2) is 0 Å². The van der Waals surface area contributed by atoms with E-state index < -0.39 is 10.2 Å². The van der Waals surface area contributed by atoms with Crippen molar-refractivity contribution in [2.75, 3.05) is 14.1 Å². The average molecular weight is 172 g/mol. The van der Waals surface area contributed by atoms with Gasteiger partial charge in [-0.05, 0) is 5.92 Å². The molecule has 0 aliphatic carbocycles. The van der Waals surface area contributed by atoms with Crippen LogP contribution in [-0.4, -0.2) is 31.1 Å². The minimum absolute atomic E-state index is 0.354. The number of hydrogen-bond acceptors (Lipinski definition) is 2. The molecule has 11 heavy (non-hydrogen) atoms. The fraction of sp³-hybridized carbons (Fsp3) is 0.333. The largest absolute Gasteiger partial charge is 0.326 e. The Morgan fingerprint density at radius 3 is 2.27 bits per heavy atom. The van der Waals surface area contributed by atoms with Gasteiger partial charge in [-0.2, -0.15) is 8.42 Å². The van der Waals surface area contributed by atoms with Crippen LogP contribution in [0.25, 0.3) is 0 Å². The highest BCUT2D eigenvalue weighted by Crippen LogP contribution is 2.19. The molecule has 0 atom stereocenters. The minimum Gasteiger partial charge on any atom is -0.261 e. The second-order valence-corrected chi connectivity index (χ2v) is 4.17. The standard InChI is InChI=1S/C6H8N2O2S/c1-4-6-5-7(2)11(9,10)8(6)3/h1,5H,2-3H3. The third-order valence-electron chi connectivity index (χ3n) is 1.50. The number of hydrogen-bond donors (Lipinski definition) is 0. The van der Waals surface area contributed by atoms with Crippen LogP contribution in [0.5, 0.6) is 0 Å². The lowest BCUT2D eigenvalue weighted by molar-refractivity contribution is 0.501. The van der Waals surface area contributed by atoms with Crippen molar-refractivity contribution in [1.29, 1.82) is 0 Å². The Labute approximate surface area is 66.3 Å². The Bertz CT molecular complexity index is 336. The van der Waals surface area contributed by atoms with Gasteiger partial charge >= 0.3 is 10.2 Å². The number of allylic oxidation sites excluding steroid dienone is 1. The van der Waals surface area contributed by atoms with Crippen molar-refractivity contribution in [3.8, 4) is 12.3 Å². The van der Waals surface area contributed by atoms with Crippen molar-refractivity contribution in [1.82, 2.24) is 8.61 Å². The Morgan fingerprint density at radius 2 is 2.09 bits per heavy atom. The fourth-order valence-corrected chi connectivity index (χ4v) is 1.73. The monoisotopic (exact) mass is 172 g/mol. The van der Waals surface area contributed by atoms with Gasteiger partial charge in [0.2, 0.25) is 0 Å². The molecule has 1 aliphatic rings. The first-order valence-electron chi connectivity index (χ1n) is 2.90. The molecular weight excluding hydrogens is 164 g/mol. The summed E-state index contributed by atoms with van der Waals surface area (Å²) in [6.07, 6.45) is 6.45. The molecule has 5 heteroatoms. The lowest BCUT2D eigenvalue weighted by Crippen LogP contribution is -2.28. The molecule has 0 N–H and O–H groups in total. The summed E-state index contributed by atoms with van der Waals surface area (Å²) >= 11 is 0. The van der Waals surface area contributed by atoms with Crippen LogP contribution < -0.4 is 0 Å². The van der Waals surface area contributed by atoms with E-state index in [0.29, 0.717) is 5.70 Å². The zero-order chi connectivity index (χ0) is 8.65. The minimum atomic E-state index is -3.33. The molecule has 0 spiro atoms. The van der Waals surface area contributed by atoms with E-state index in [0.717, 1.165) is 8.61 Å². The molecule has 0 saturated carbocycles. The van der Waals surface area contributed by atoms with E-state index in [-0.39, 0.29) is 0 Å². The van der Waals surface area contributed by atoms with E-state index in [4.69, 9.17) is 6.42 Å². The first-order valence-corrected chi connectivity index (χ1v) is 4.30. The van der Waals surface area contributed by atoms with E-state index in [2.05, 4.69) is 5.92 Å². The van der Waals surface area contributed by atoms with Gasteiger partial charge in [0.25, 0.3) is 0 Å². The van der Waals surface area contributed by atoms with Crippen LogP contribution in [0.3, 0.4) is 0 Å². The van der Waals surface area contributed by atoms with E-state index in [1.54, 1.807) is 0 Å². The molecule has 0 unspecified atom stereocenters. The van der Waals surface area contributed by atoms with Gasteiger partial charge in [-0.3, -0.25) is 4.31 Å². The maximum atomic E-state index is 11.2. The summed E-state index contributed by atoms with van der Waals surface area (Å²) in [6.45, 7) is 0. The van der Waals surface area contributed by atoms with Crippen LogP contribution in [0, 0.1) is 12.3 Å². The second-order valence-electron chi connectivity index (χ2n) is 2.15. The van der Waals surface area contributed by atoms with Crippen LogP contribution in [-0.2, 0) is 10.2 Å². The zero-order valence-corrected chi connectivity index (χ0v) is 7.09. The lowest BCUT2D eigenvalue weighted by Gasteiger charge is -2.13. The van der Waals surface area contributed by atoms with Gasteiger partial charge in [0.1, 0.15) is 5.70 Å². The number of terminal acetylenes is 1. The normalized spacial score (nSPS) is 21.4. The Balaban J connectivity index is 3.16. The van der Waals surface area contributed by atoms with Crippen LogP contribution in [0.4, 0.5) is 0 Å². The molecule has 0 aromatic rings. The first-order chi connectivity index (χ1) is 5.00. The Hall–Kier alpha value is -1.15. The predicted molar refractivity (Wildman–Crippen MR) is 41.4 cm³/mol. The van der Waals surface area contributed by atoms with Gasteiger partial charge in [0.05, 0.1) is 0 Å². The molecule has 0 fully saturated rings. The van der Waals surface area contributed by atoms with Crippen LogP contribution >= 0.6 is 0 Å². The molecule has 0 aromatic carbocycles. The lowest BCUT2D eigenvalue weighted by atomic mass is 10.5. The molecule has 0 bridgehead atoms. The highest BCUT2D eigenvalue weighted by atomic mass is 32.2. The molecule has 1 rings (SSSR count). The van der Waals surface area contributed by atoms with Crippen LogP contribution in [0.15, 0.2) is 11.9 Å². The summed E-state index contributed by atoms with van der Waals surface area (Å²) in [5.41, 5.74) is 0.354. The molecular formula is C6H8N2O2S. The number of rotatable bonds is 0. The molecule has 60 valence electrons. The quantitative estimate of drug-likeness (QED) is 0.466. The van der Waals surface area contributed by atoms with E-state index in [9.17, 15) is 8.42 Å². The summed E-state index contributed by atoms with van der Waals surface area (Å²) in [5.74, 6) is 2.27. The van der Waals surface area contributed by atoms with E-state index in [1.165, 1.54) is 20.3 Å². The van der Waals surface area contributed by atoms with E-state index >= 15 is 0 Å². The number of nitrogens with zero attached hydrogens (tertiary/aromatic N) is 2. The summed E-state index contributed by atoms with van der Waals surface area (Å²) in [6, 6.07) is 0. The molecule has 0 radical (unpaired) electrons. The molecule has 0 amide bonds. The van der Waals surface area contributed by atoms with Crippen LogP contribution in [0.1, 0.15) is 0 Å². The summed E-state index contributed by atoms with van der Waals surface area (Å²) in [7, 11) is -0.472. The zero-order valence-electron chi connectivity index (χ0n) is 6.27. The van der Waals surface area contributed by atoms with Gasteiger partial charge in [-0.25, -0.2) is 4.31 Å². The van der Waals surface area contributed by atoms with Gasteiger partial charge < -0.3 is 0 Å².